The maximum atomic E-state index is 11.7. The fraction of sp³-hybridized carbons (Fsp3) is 0.200. The van der Waals surface area contributed by atoms with Gasteiger partial charge in [-0.2, -0.15) is 0 Å². The molecule has 0 unspecified atom stereocenters. The molecule has 0 saturated heterocycles. The number of hydrazine groups is 1. The SMILES string of the molecule is Cc1csc(CNC(=O)c2ccc(NN)nn2)n1. The molecule has 4 N–H and O–H groups in total. The lowest BCUT2D eigenvalue weighted by molar-refractivity contribution is 0.0945. The molecule has 0 atom stereocenters. The van der Waals surface area contributed by atoms with Crippen LogP contribution in [-0.4, -0.2) is 21.1 Å². The predicted molar refractivity (Wildman–Crippen MR) is 67.9 cm³/mol. The third-order valence-corrected chi connectivity index (χ3v) is 3.08. The second-order valence-electron chi connectivity index (χ2n) is 3.51. The lowest BCUT2D eigenvalue weighted by Crippen LogP contribution is -2.24. The Morgan fingerprint density at radius 2 is 2.28 bits per heavy atom. The van der Waals surface area contributed by atoms with Gasteiger partial charge in [0, 0.05) is 11.1 Å². The van der Waals surface area contributed by atoms with E-state index in [1.54, 1.807) is 12.1 Å². The second kappa shape index (κ2) is 5.52. The third-order valence-electron chi connectivity index (χ3n) is 2.11. The monoisotopic (exact) mass is 264 g/mol. The van der Waals surface area contributed by atoms with Crippen molar-refractivity contribution in [3.63, 3.8) is 0 Å². The molecule has 0 aliphatic heterocycles. The minimum Gasteiger partial charge on any atom is -0.344 e. The van der Waals surface area contributed by atoms with Crippen LogP contribution in [0, 0.1) is 6.92 Å². The van der Waals surface area contributed by atoms with Gasteiger partial charge in [0.05, 0.1) is 6.54 Å². The van der Waals surface area contributed by atoms with Crippen LogP contribution in [0.4, 0.5) is 5.82 Å². The van der Waals surface area contributed by atoms with Crippen LogP contribution in [0.3, 0.4) is 0 Å². The molecule has 18 heavy (non-hydrogen) atoms. The van der Waals surface area contributed by atoms with Crippen molar-refractivity contribution in [3.05, 3.63) is 33.9 Å². The third kappa shape index (κ3) is 2.99. The lowest BCUT2D eigenvalue weighted by atomic mass is 10.3. The Kier molecular flexibility index (Phi) is 3.80. The number of hydrogen-bond donors (Lipinski definition) is 3. The molecule has 0 bridgehead atoms. The number of rotatable bonds is 4. The number of nitrogen functional groups attached to an aromatic ring is 1. The van der Waals surface area contributed by atoms with Crippen molar-refractivity contribution in [1.82, 2.24) is 20.5 Å². The van der Waals surface area contributed by atoms with E-state index in [9.17, 15) is 4.79 Å². The van der Waals surface area contributed by atoms with Gasteiger partial charge < -0.3 is 10.7 Å². The maximum absolute atomic E-state index is 11.7. The summed E-state index contributed by atoms with van der Waals surface area (Å²) in [5.74, 6) is 5.27. The molecule has 1 amide bonds. The van der Waals surface area contributed by atoms with Gasteiger partial charge in [0.1, 0.15) is 5.01 Å². The number of amides is 1. The normalized spacial score (nSPS) is 10.1. The highest BCUT2D eigenvalue weighted by atomic mass is 32.1. The van der Waals surface area contributed by atoms with E-state index >= 15 is 0 Å². The minimum absolute atomic E-state index is 0.238. The number of carbonyl (C=O) groups excluding carboxylic acids is 1. The van der Waals surface area contributed by atoms with Crippen molar-refractivity contribution in [2.45, 2.75) is 13.5 Å². The van der Waals surface area contributed by atoms with Gasteiger partial charge in [-0.05, 0) is 19.1 Å². The molecule has 0 spiro atoms. The number of hydrogen-bond acceptors (Lipinski definition) is 7. The molecule has 2 rings (SSSR count). The summed E-state index contributed by atoms with van der Waals surface area (Å²) in [6.45, 7) is 2.29. The number of aryl methyl sites for hydroxylation is 1. The molecule has 8 heteroatoms. The molecule has 94 valence electrons. The van der Waals surface area contributed by atoms with E-state index in [-0.39, 0.29) is 11.6 Å². The molecule has 2 heterocycles. The fourth-order valence-corrected chi connectivity index (χ4v) is 1.97. The second-order valence-corrected chi connectivity index (χ2v) is 4.46. The van der Waals surface area contributed by atoms with Crippen LogP contribution < -0.4 is 16.6 Å². The topological polar surface area (TPSA) is 106 Å². The Hall–Kier alpha value is -2.06. The van der Waals surface area contributed by atoms with Gasteiger partial charge in [-0.25, -0.2) is 10.8 Å². The van der Waals surface area contributed by atoms with E-state index < -0.39 is 0 Å². The number of nitrogens with one attached hydrogen (secondary N) is 2. The summed E-state index contributed by atoms with van der Waals surface area (Å²) < 4.78 is 0. The first-order valence-corrected chi connectivity index (χ1v) is 6.06. The summed E-state index contributed by atoms with van der Waals surface area (Å²) in [6.07, 6.45) is 0. The maximum Gasteiger partial charge on any atom is 0.272 e. The molecule has 0 aromatic carbocycles. The summed E-state index contributed by atoms with van der Waals surface area (Å²) >= 11 is 1.50. The Morgan fingerprint density at radius 1 is 1.44 bits per heavy atom. The van der Waals surface area contributed by atoms with Gasteiger partial charge in [0.15, 0.2) is 11.5 Å². The van der Waals surface area contributed by atoms with Crippen LogP contribution in [0.2, 0.25) is 0 Å². The van der Waals surface area contributed by atoms with Crippen molar-refractivity contribution in [3.8, 4) is 0 Å². The van der Waals surface area contributed by atoms with E-state index in [1.807, 2.05) is 12.3 Å². The largest absolute Gasteiger partial charge is 0.344 e. The molecule has 7 nitrogen and oxygen atoms in total. The molecule has 0 aliphatic carbocycles. The average Bonchev–Trinajstić information content (AvgIpc) is 2.82. The first kappa shape index (κ1) is 12.4. The summed E-state index contributed by atoms with van der Waals surface area (Å²) in [7, 11) is 0. The van der Waals surface area contributed by atoms with Crippen LogP contribution in [-0.2, 0) is 6.54 Å². The number of thiazole rings is 1. The van der Waals surface area contributed by atoms with Gasteiger partial charge in [0.25, 0.3) is 5.91 Å². The van der Waals surface area contributed by atoms with Crippen molar-refractivity contribution in [1.29, 1.82) is 0 Å². The summed E-state index contributed by atoms with van der Waals surface area (Å²) in [6, 6.07) is 3.13. The highest BCUT2D eigenvalue weighted by molar-refractivity contribution is 7.09. The number of nitrogens with zero attached hydrogens (tertiary/aromatic N) is 3. The minimum atomic E-state index is -0.293. The van der Waals surface area contributed by atoms with E-state index in [1.165, 1.54) is 11.3 Å². The molecular formula is C10H12N6OS. The smallest absolute Gasteiger partial charge is 0.272 e. The highest BCUT2D eigenvalue weighted by Crippen LogP contribution is 2.08. The zero-order valence-electron chi connectivity index (χ0n) is 9.67. The molecule has 2 aromatic heterocycles. The van der Waals surface area contributed by atoms with Crippen molar-refractivity contribution in [2.75, 3.05) is 5.43 Å². The molecule has 0 aliphatic rings. The fourth-order valence-electron chi connectivity index (χ4n) is 1.26. The molecule has 0 saturated carbocycles. The quantitative estimate of drug-likeness (QED) is 0.547. The Bertz CT molecular complexity index is 538. The van der Waals surface area contributed by atoms with Crippen molar-refractivity contribution >= 4 is 23.1 Å². The van der Waals surface area contributed by atoms with Gasteiger partial charge >= 0.3 is 0 Å². The van der Waals surface area contributed by atoms with Gasteiger partial charge in [-0.15, -0.1) is 21.5 Å². The van der Waals surface area contributed by atoms with Crippen LogP contribution in [0.25, 0.3) is 0 Å². The van der Waals surface area contributed by atoms with Crippen molar-refractivity contribution in [2.24, 2.45) is 5.84 Å². The van der Waals surface area contributed by atoms with Gasteiger partial charge in [-0.1, -0.05) is 0 Å². The highest BCUT2D eigenvalue weighted by Gasteiger charge is 2.08. The van der Waals surface area contributed by atoms with Gasteiger partial charge in [0.2, 0.25) is 0 Å². The first-order chi connectivity index (χ1) is 8.69. The number of aromatic nitrogens is 3. The summed E-state index contributed by atoms with van der Waals surface area (Å²) in [5, 5.41) is 13.0. The first-order valence-electron chi connectivity index (χ1n) is 5.18. The standard InChI is InChI=1S/C10H12N6OS/c1-6-5-18-9(13-6)4-12-10(17)7-2-3-8(14-11)16-15-7/h2-3,5H,4,11H2,1H3,(H,12,17)(H,14,16). The Morgan fingerprint density at radius 3 is 2.83 bits per heavy atom. The van der Waals surface area contributed by atoms with Crippen molar-refractivity contribution < 1.29 is 4.79 Å². The lowest BCUT2D eigenvalue weighted by Gasteiger charge is -2.02. The zero-order valence-corrected chi connectivity index (χ0v) is 10.5. The van der Waals surface area contributed by atoms with Crippen LogP contribution >= 0.6 is 11.3 Å². The number of nitrogens with two attached hydrogens (primary N) is 1. The Balaban J connectivity index is 1.94. The van der Waals surface area contributed by atoms with Gasteiger partial charge in [-0.3, -0.25) is 4.79 Å². The van der Waals surface area contributed by atoms with Crippen LogP contribution in [0.1, 0.15) is 21.2 Å². The zero-order chi connectivity index (χ0) is 13.0. The van der Waals surface area contributed by atoms with Crippen LogP contribution in [0.15, 0.2) is 17.5 Å². The molecule has 2 aromatic rings. The predicted octanol–water partition coefficient (Wildman–Crippen LogP) is 0.457. The summed E-state index contributed by atoms with van der Waals surface area (Å²) in [5.41, 5.74) is 3.52. The van der Waals surface area contributed by atoms with E-state index in [4.69, 9.17) is 5.84 Å². The number of carbonyl (C=O) groups is 1. The molecule has 0 fully saturated rings. The average molecular weight is 264 g/mol. The molecular weight excluding hydrogens is 252 g/mol. The number of anilines is 1. The Labute approximate surface area is 107 Å². The van der Waals surface area contributed by atoms with E-state index in [0.29, 0.717) is 12.4 Å². The molecule has 0 radical (unpaired) electrons. The van der Waals surface area contributed by atoms with E-state index in [0.717, 1.165) is 10.7 Å². The van der Waals surface area contributed by atoms with E-state index in [2.05, 4.69) is 25.9 Å². The van der Waals surface area contributed by atoms with Crippen LogP contribution in [0.5, 0.6) is 0 Å². The summed E-state index contributed by atoms with van der Waals surface area (Å²) in [4.78, 5) is 16.0.